The molecule has 4 heteroatoms. The molecule has 0 spiro atoms. The first-order valence-electron chi connectivity index (χ1n) is 5.04. The maximum atomic E-state index is 13.1. The second kappa shape index (κ2) is 5.17. The summed E-state index contributed by atoms with van der Waals surface area (Å²) in [5.41, 5.74) is 7.55. The molecule has 2 aromatic carbocycles. The van der Waals surface area contributed by atoms with E-state index in [2.05, 4.69) is 15.9 Å². The van der Waals surface area contributed by atoms with E-state index in [-0.39, 0.29) is 5.82 Å². The molecule has 1 unspecified atom stereocenters. The van der Waals surface area contributed by atoms with E-state index in [1.807, 2.05) is 12.1 Å². The fourth-order valence-electron chi connectivity index (χ4n) is 1.63. The monoisotopic (exact) mass is 313 g/mol. The van der Waals surface area contributed by atoms with Gasteiger partial charge in [0.05, 0.1) is 6.04 Å². The molecule has 17 heavy (non-hydrogen) atoms. The number of benzene rings is 2. The Kier molecular flexibility index (Phi) is 3.82. The van der Waals surface area contributed by atoms with E-state index in [1.165, 1.54) is 12.1 Å². The Morgan fingerprint density at radius 3 is 2.65 bits per heavy atom. The van der Waals surface area contributed by atoms with Gasteiger partial charge in [0, 0.05) is 9.50 Å². The third-order valence-corrected chi connectivity index (χ3v) is 3.34. The number of nitrogens with two attached hydrogens (primary N) is 1. The van der Waals surface area contributed by atoms with E-state index in [0.717, 1.165) is 10.0 Å². The molecule has 0 amide bonds. The van der Waals surface area contributed by atoms with Crippen molar-refractivity contribution in [2.75, 3.05) is 0 Å². The molecule has 0 radical (unpaired) electrons. The largest absolute Gasteiger partial charge is 0.320 e. The predicted octanol–water partition coefficient (Wildman–Crippen LogP) is 4.29. The molecular weight excluding hydrogens is 305 g/mol. The summed E-state index contributed by atoms with van der Waals surface area (Å²) in [5, 5.41) is 0.574. The predicted molar refractivity (Wildman–Crippen MR) is 71.6 cm³/mol. The maximum absolute atomic E-state index is 13.1. The highest BCUT2D eigenvalue weighted by Gasteiger charge is 2.13. The van der Waals surface area contributed by atoms with Crippen molar-refractivity contribution in [3.63, 3.8) is 0 Å². The van der Waals surface area contributed by atoms with Crippen molar-refractivity contribution in [1.82, 2.24) is 0 Å². The second-order valence-electron chi connectivity index (χ2n) is 3.70. The molecule has 0 saturated carbocycles. The highest BCUT2D eigenvalue weighted by atomic mass is 79.9. The smallest absolute Gasteiger partial charge is 0.123 e. The first kappa shape index (κ1) is 12.6. The van der Waals surface area contributed by atoms with Gasteiger partial charge in [-0.1, -0.05) is 39.7 Å². The minimum Gasteiger partial charge on any atom is -0.320 e. The van der Waals surface area contributed by atoms with Gasteiger partial charge in [0.25, 0.3) is 0 Å². The fraction of sp³-hybridized carbons (Fsp3) is 0.0769. The average molecular weight is 315 g/mol. The van der Waals surface area contributed by atoms with E-state index in [9.17, 15) is 4.39 Å². The first-order valence-corrected chi connectivity index (χ1v) is 6.21. The van der Waals surface area contributed by atoms with Gasteiger partial charge < -0.3 is 5.73 Å². The lowest BCUT2D eigenvalue weighted by Crippen LogP contribution is -2.12. The van der Waals surface area contributed by atoms with Gasteiger partial charge in [-0.3, -0.25) is 0 Å². The van der Waals surface area contributed by atoms with E-state index in [4.69, 9.17) is 17.3 Å². The minimum absolute atomic E-state index is 0.302. The summed E-state index contributed by atoms with van der Waals surface area (Å²) in [7, 11) is 0. The fourth-order valence-corrected chi connectivity index (χ4v) is 2.25. The maximum Gasteiger partial charge on any atom is 0.123 e. The van der Waals surface area contributed by atoms with E-state index in [0.29, 0.717) is 10.6 Å². The topological polar surface area (TPSA) is 26.0 Å². The van der Waals surface area contributed by atoms with Crippen LogP contribution in [0.15, 0.2) is 46.9 Å². The van der Waals surface area contributed by atoms with Gasteiger partial charge in [0.2, 0.25) is 0 Å². The SMILES string of the molecule is NC(c1cccc(F)c1)c1cc(Br)ccc1Cl. The van der Waals surface area contributed by atoms with Crippen LogP contribution in [0.25, 0.3) is 0 Å². The van der Waals surface area contributed by atoms with Gasteiger partial charge in [-0.05, 0) is 41.5 Å². The summed E-state index contributed by atoms with van der Waals surface area (Å²) in [4.78, 5) is 0. The first-order chi connectivity index (χ1) is 8.08. The quantitative estimate of drug-likeness (QED) is 0.879. The van der Waals surface area contributed by atoms with Gasteiger partial charge >= 0.3 is 0 Å². The summed E-state index contributed by atoms with van der Waals surface area (Å²) in [5.74, 6) is -0.302. The third-order valence-electron chi connectivity index (χ3n) is 2.50. The van der Waals surface area contributed by atoms with Crippen LogP contribution >= 0.6 is 27.5 Å². The second-order valence-corrected chi connectivity index (χ2v) is 5.02. The molecule has 2 N–H and O–H groups in total. The van der Waals surface area contributed by atoms with Crippen LogP contribution in [0.2, 0.25) is 5.02 Å². The lowest BCUT2D eigenvalue weighted by atomic mass is 9.99. The van der Waals surface area contributed by atoms with Crippen LogP contribution in [0, 0.1) is 5.82 Å². The normalized spacial score (nSPS) is 12.5. The molecule has 1 nitrogen and oxygen atoms in total. The molecule has 0 aromatic heterocycles. The van der Waals surface area contributed by atoms with Crippen molar-refractivity contribution in [3.8, 4) is 0 Å². The van der Waals surface area contributed by atoms with Crippen LogP contribution in [-0.4, -0.2) is 0 Å². The van der Waals surface area contributed by atoms with Crippen LogP contribution in [0.4, 0.5) is 4.39 Å². The Hall–Kier alpha value is -0.900. The summed E-state index contributed by atoms with van der Waals surface area (Å²) < 4.78 is 14.0. The molecule has 0 aliphatic heterocycles. The zero-order chi connectivity index (χ0) is 12.4. The molecular formula is C13H10BrClFN. The van der Waals surface area contributed by atoms with Crippen molar-refractivity contribution in [1.29, 1.82) is 0 Å². The molecule has 1 atom stereocenters. The van der Waals surface area contributed by atoms with Crippen LogP contribution < -0.4 is 5.73 Å². The zero-order valence-electron chi connectivity index (χ0n) is 8.83. The van der Waals surface area contributed by atoms with Crippen LogP contribution in [0.5, 0.6) is 0 Å². The van der Waals surface area contributed by atoms with Gasteiger partial charge in [-0.15, -0.1) is 0 Å². The minimum atomic E-state index is -0.435. The molecule has 0 fully saturated rings. The van der Waals surface area contributed by atoms with Crippen LogP contribution in [0.1, 0.15) is 17.2 Å². The average Bonchev–Trinajstić information content (AvgIpc) is 2.31. The molecule has 0 aliphatic rings. The Balaban J connectivity index is 2.43. The number of hydrogen-bond acceptors (Lipinski definition) is 1. The summed E-state index contributed by atoms with van der Waals surface area (Å²) in [6.07, 6.45) is 0. The van der Waals surface area contributed by atoms with Crippen molar-refractivity contribution in [2.24, 2.45) is 5.73 Å². The van der Waals surface area contributed by atoms with E-state index in [1.54, 1.807) is 18.2 Å². The Morgan fingerprint density at radius 1 is 1.18 bits per heavy atom. The molecule has 88 valence electrons. The molecule has 0 aliphatic carbocycles. The number of halogens is 3. The van der Waals surface area contributed by atoms with Gasteiger partial charge in [0.1, 0.15) is 5.82 Å². The molecule has 2 aromatic rings. The lowest BCUT2D eigenvalue weighted by Gasteiger charge is -2.14. The lowest BCUT2D eigenvalue weighted by molar-refractivity contribution is 0.623. The molecule has 0 saturated heterocycles. The third kappa shape index (κ3) is 2.86. The van der Waals surface area contributed by atoms with Crippen LogP contribution in [0.3, 0.4) is 0 Å². The van der Waals surface area contributed by atoms with Gasteiger partial charge in [0.15, 0.2) is 0 Å². The van der Waals surface area contributed by atoms with Crippen molar-refractivity contribution >= 4 is 27.5 Å². The van der Waals surface area contributed by atoms with Crippen LogP contribution in [-0.2, 0) is 0 Å². The molecule has 2 rings (SSSR count). The summed E-state index contributed by atoms with van der Waals surface area (Å²) >= 11 is 9.45. The summed E-state index contributed by atoms with van der Waals surface area (Å²) in [6.45, 7) is 0. The molecule has 0 bridgehead atoms. The van der Waals surface area contributed by atoms with Crippen molar-refractivity contribution < 1.29 is 4.39 Å². The van der Waals surface area contributed by atoms with Gasteiger partial charge in [-0.25, -0.2) is 4.39 Å². The van der Waals surface area contributed by atoms with E-state index >= 15 is 0 Å². The zero-order valence-corrected chi connectivity index (χ0v) is 11.2. The highest BCUT2D eigenvalue weighted by molar-refractivity contribution is 9.10. The van der Waals surface area contributed by atoms with Gasteiger partial charge in [-0.2, -0.15) is 0 Å². The standard InChI is InChI=1S/C13H10BrClFN/c14-9-4-5-12(15)11(7-9)13(17)8-2-1-3-10(16)6-8/h1-7,13H,17H2. The number of hydrogen-bond donors (Lipinski definition) is 1. The Bertz CT molecular complexity index is 545. The van der Waals surface area contributed by atoms with E-state index < -0.39 is 6.04 Å². The molecule has 0 heterocycles. The Labute approximate surface area is 113 Å². The van der Waals surface area contributed by atoms with Crippen molar-refractivity contribution in [3.05, 3.63) is 68.9 Å². The highest BCUT2D eigenvalue weighted by Crippen LogP contribution is 2.29. The summed E-state index contributed by atoms with van der Waals surface area (Å²) in [6, 6.07) is 11.2. The Morgan fingerprint density at radius 2 is 1.94 bits per heavy atom. The number of rotatable bonds is 2. The van der Waals surface area contributed by atoms with Crippen molar-refractivity contribution in [2.45, 2.75) is 6.04 Å².